The summed E-state index contributed by atoms with van der Waals surface area (Å²) in [7, 11) is 0. The van der Waals surface area contributed by atoms with Crippen molar-refractivity contribution in [3.63, 3.8) is 0 Å². The Bertz CT molecular complexity index is 997. The maximum absolute atomic E-state index is 9.94. The molecule has 3 rings (SSSR count). The minimum absolute atomic E-state index is 0.0326. The Morgan fingerprint density at radius 1 is 1.03 bits per heavy atom. The highest BCUT2D eigenvalue weighted by molar-refractivity contribution is 6.37. The van der Waals surface area contributed by atoms with Crippen molar-refractivity contribution in [2.24, 2.45) is 0 Å². The molecular formula is C26H33Cl2NO7. The number of hydrogen-bond acceptors (Lipinski definition) is 6. The molecule has 1 aliphatic rings. The zero-order valence-corrected chi connectivity index (χ0v) is 21.8. The number of halogens is 2. The summed E-state index contributed by atoms with van der Waals surface area (Å²) in [5.74, 6) is -1.35. The van der Waals surface area contributed by atoms with E-state index in [0.29, 0.717) is 28.3 Å². The van der Waals surface area contributed by atoms with Crippen LogP contribution in [0.1, 0.15) is 56.1 Å². The Hall–Kier alpha value is -2.68. The fraction of sp³-hybridized carbons (Fsp3) is 0.462. The number of phenolic OH excluding ortho intramolecular Hbond substituents is 2. The van der Waals surface area contributed by atoms with Crippen LogP contribution < -0.4 is 4.74 Å². The average molecular weight is 542 g/mol. The molecule has 198 valence electrons. The molecule has 0 spiro atoms. The number of ether oxygens (including phenoxy) is 1. The van der Waals surface area contributed by atoms with Crippen LogP contribution in [0.25, 0.3) is 0 Å². The maximum Gasteiger partial charge on any atom is 0.303 e. The summed E-state index contributed by atoms with van der Waals surface area (Å²) < 4.78 is 5.86. The Labute approximate surface area is 221 Å². The molecule has 8 nitrogen and oxygen atoms in total. The molecule has 0 aromatic heterocycles. The van der Waals surface area contributed by atoms with Gasteiger partial charge < -0.3 is 25.2 Å². The number of fused-ring (bicyclic) bond motifs is 1. The van der Waals surface area contributed by atoms with Gasteiger partial charge in [-0.1, -0.05) is 36.2 Å². The molecule has 2 aromatic carbocycles. The van der Waals surface area contributed by atoms with Gasteiger partial charge in [-0.25, -0.2) is 0 Å². The van der Waals surface area contributed by atoms with Gasteiger partial charge in [0.1, 0.15) is 6.61 Å². The minimum Gasteiger partial charge on any atom is -0.504 e. The quantitative estimate of drug-likeness (QED) is 0.272. The van der Waals surface area contributed by atoms with Crippen LogP contribution in [0.2, 0.25) is 10.0 Å². The number of hydrogen-bond donors (Lipinski definition) is 4. The average Bonchev–Trinajstić information content (AvgIpc) is 2.81. The van der Waals surface area contributed by atoms with E-state index in [1.807, 2.05) is 0 Å². The van der Waals surface area contributed by atoms with Crippen LogP contribution in [0.4, 0.5) is 0 Å². The van der Waals surface area contributed by atoms with Crippen LogP contribution >= 0.6 is 23.2 Å². The molecule has 0 fully saturated rings. The Balaban J connectivity index is 0.000000493. The molecule has 1 unspecified atom stereocenters. The summed E-state index contributed by atoms with van der Waals surface area (Å²) in [6.45, 7) is 5.30. The first kappa shape index (κ1) is 29.5. The fourth-order valence-electron chi connectivity index (χ4n) is 4.15. The number of aryl methyl sites for hydroxylation is 1. The molecule has 4 N–H and O–H groups in total. The van der Waals surface area contributed by atoms with E-state index in [1.165, 1.54) is 0 Å². The molecule has 36 heavy (non-hydrogen) atoms. The summed E-state index contributed by atoms with van der Waals surface area (Å²) in [5, 5.41) is 36.6. The van der Waals surface area contributed by atoms with Crippen molar-refractivity contribution in [3.8, 4) is 17.2 Å². The lowest BCUT2D eigenvalue weighted by Crippen LogP contribution is -2.34. The van der Waals surface area contributed by atoms with Gasteiger partial charge in [0.2, 0.25) is 0 Å². The third-order valence-electron chi connectivity index (χ3n) is 5.82. The summed E-state index contributed by atoms with van der Waals surface area (Å²) in [4.78, 5) is 21.7. The lowest BCUT2D eigenvalue weighted by atomic mass is 9.82. The van der Waals surface area contributed by atoms with Gasteiger partial charge in [-0.05, 0) is 73.5 Å². The maximum atomic E-state index is 9.94. The highest BCUT2D eigenvalue weighted by Crippen LogP contribution is 2.38. The van der Waals surface area contributed by atoms with Crippen LogP contribution in [-0.2, 0) is 16.0 Å². The van der Waals surface area contributed by atoms with Crippen molar-refractivity contribution in [3.05, 3.63) is 51.5 Å². The minimum atomic E-state index is -1.08. The van der Waals surface area contributed by atoms with Crippen molar-refractivity contribution in [1.82, 2.24) is 4.90 Å². The van der Waals surface area contributed by atoms with Crippen molar-refractivity contribution in [2.75, 3.05) is 26.2 Å². The largest absolute Gasteiger partial charge is 0.504 e. The standard InChI is InChI=1S/C22H27Cl2NO3.C4H6O4/c1-2-9-25(10-11-28-22-18(23)7-4-8-19(22)24)14-16-6-3-5-15-12-20(26)21(27)13-17(15)16;5-3(6)1-2-4(7)8/h4,7-8,12-13,16,26-27H,2-3,5-6,9-11,14H2,1H3;1-2H2,(H,5,6)(H,7,8). The van der Waals surface area contributed by atoms with Gasteiger partial charge >= 0.3 is 11.9 Å². The molecule has 0 amide bonds. The second-order valence-corrected chi connectivity index (χ2v) is 9.43. The molecule has 2 aromatic rings. The van der Waals surface area contributed by atoms with Crippen LogP contribution in [-0.4, -0.2) is 63.5 Å². The normalized spacial score (nSPS) is 14.5. The first-order valence-corrected chi connectivity index (χ1v) is 12.6. The number of rotatable bonds is 11. The van der Waals surface area contributed by atoms with Gasteiger partial charge in [-0.2, -0.15) is 0 Å². The van der Waals surface area contributed by atoms with Crippen LogP contribution in [0.5, 0.6) is 17.2 Å². The van der Waals surface area contributed by atoms with Crippen LogP contribution in [0.3, 0.4) is 0 Å². The molecule has 0 saturated carbocycles. The van der Waals surface area contributed by atoms with Crippen molar-refractivity contribution in [1.29, 1.82) is 0 Å². The molecule has 1 atom stereocenters. The molecule has 0 radical (unpaired) electrons. The third-order valence-corrected chi connectivity index (χ3v) is 6.41. The van der Waals surface area contributed by atoms with Crippen LogP contribution in [0, 0.1) is 0 Å². The van der Waals surface area contributed by atoms with E-state index in [2.05, 4.69) is 11.8 Å². The first-order valence-electron chi connectivity index (χ1n) is 11.9. The number of carboxylic acids is 2. The predicted octanol–water partition coefficient (Wildman–Crippen LogP) is 5.55. The van der Waals surface area contributed by atoms with Gasteiger partial charge in [0.25, 0.3) is 0 Å². The van der Waals surface area contributed by atoms with Crippen LogP contribution in [0.15, 0.2) is 30.3 Å². The van der Waals surface area contributed by atoms with Crippen molar-refractivity contribution >= 4 is 35.1 Å². The zero-order chi connectivity index (χ0) is 26.7. The second kappa shape index (κ2) is 14.8. The van der Waals surface area contributed by atoms with Gasteiger partial charge in [0, 0.05) is 13.1 Å². The first-order chi connectivity index (χ1) is 17.1. The second-order valence-electron chi connectivity index (χ2n) is 8.62. The number of aliphatic carboxylic acids is 2. The molecule has 0 aliphatic heterocycles. The topological polar surface area (TPSA) is 128 Å². The molecule has 0 bridgehead atoms. The van der Waals surface area contributed by atoms with E-state index >= 15 is 0 Å². The van der Waals surface area contributed by atoms with Gasteiger partial charge in [0.15, 0.2) is 17.2 Å². The number of para-hydroxylation sites is 1. The predicted molar refractivity (Wildman–Crippen MR) is 139 cm³/mol. The summed E-state index contributed by atoms with van der Waals surface area (Å²) in [6.07, 6.45) is 3.57. The monoisotopic (exact) mass is 541 g/mol. The number of benzene rings is 2. The highest BCUT2D eigenvalue weighted by atomic mass is 35.5. The SMILES string of the molecule is CCCN(CCOc1c(Cl)cccc1Cl)CC1CCCc2cc(O)c(O)cc21.O=C(O)CCC(=O)O. The third kappa shape index (κ3) is 9.41. The van der Waals surface area contributed by atoms with Gasteiger partial charge in [-0.3, -0.25) is 14.5 Å². The van der Waals surface area contributed by atoms with Crippen molar-refractivity contribution < 1.29 is 34.8 Å². The molecule has 10 heteroatoms. The summed E-state index contributed by atoms with van der Waals surface area (Å²) in [5.41, 5.74) is 2.29. The molecule has 1 aliphatic carbocycles. The lowest BCUT2D eigenvalue weighted by Gasteiger charge is -2.31. The number of nitrogens with zero attached hydrogens (tertiary/aromatic N) is 1. The summed E-state index contributed by atoms with van der Waals surface area (Å²) >= 11 is 12.4. The summed E-state index contributed by atoms with van der Waals surface area (Å²) in [6, 6.07) is 8.79. The van der Waals surface area contributed by atoms with E-state index in [4.69, 9.17) is 38.2 Å². The Morgan fingerprint density at radius 2 is 1.64 bits per heavy atom. The number of carboxylic acid groups (broad SMARTS) is 2. The van der Waals surface area contributed by atoms with Gasteiger partial charge in [0.05, 0.1) is 22.9 Å². The van der Waals surface area contributed by atoms with E-state index in [0.717, 1.165) is 56.4 Å². The van der Waals surface area contributed by atoms with Crippen molar-refractivity contribution in [2.45, 2.75) is 51.4 Å². The van der Waals surface area contributed by atoms with E-state index in [-0.39, 0.29) is 24.3 Å². The molecule has 0 heterocycles. The number of carbonyl (C=O) groups is 2. The zero-order valence-electron chi connectivity index (χ0n) is 20.3. The Kier molecular flexibility index (Phi) is 12.1. The Morgan fingerprint density at radius 3 is 2.22 bits per heavy atom. The smallest absolute Gasteiger partial charge is 0.303 e. The number of phenols is 2. The fourth-order valence-corrected chi connectivity index (χ4v) is 4.66. The molecular weight excluding hydrogens is 509 g/mol. The van der Waals surface area contributed by atoms with E-state index < -0.39 is 11.9 Å². The lowest BCUT2D eigenvalue weighted by molar-refractivity contribution is -0.143. The van der Waals surface area contributed by atoms with E-state index in [1.54, 1.807) is 30.3 Å². The van der Waals surface area contributed by atoms with E-state index in [9.17, 15) is 19.8 Å². The highest BCUT2D eigenvalue weighted by Gasteiger charge is 2.24. The molecule has 0 saturated heterocycles. The van der Waals surface area contributed by atoms with Gasteiger partial charge in [-0.15, -0.1) is 0 Å². The number of aromatic hydroxyl groups is 2.